The van der Waals surface area contributed by atoms with Gasteiger partial charge in [-0.05, 0) is 25.7 Å². The molecular weight excluding hydrogens is 218 g/mol. The minimum absolute atomic E-state index is 0.106. The van der Waals surface area contributed by atoms with E-state index in [2.05, 4.69) is 5.16 Å². The van der Waals surface area contributed by atoms with Crippen LogP contribution in [0, 0.1) is 11.8 Å². The topological polar surface area (TPSA) is 78.9 Å². The third-order valence-electron chi connectivity index (χ3n) is 3.54. The van der Waals surface area contributed by atoms with Crippen molar-refractivity contribution in [2.45, 2.75) is 39.5 Å². The molecule has 3 N–H and O–H groups in total. The average molecular weight is 241 g/mol. The van der Waals surface area contributed by atoms with E-state index in [4.69, 9.17) is 10.9 Å². The zero-order chi connectivity index (χ0) is 12.8. The second-order valence-electron chi connectivity index (χ2n) is 4.86. The molecule has 1 aliphatic rings. The maximum Gasteiger partial charge on any atom is 0.222 e. The van der Waals surface area contributed by atoms with Gasteiger partial charge in [0.25, 0.3) is 0 Å². The van der Waals surface area contributed by atoms with Crippen LogP contribution in [0.2, 0.25) is 0 Å². The molecule has 17 heavy (non-hydrogen) atoms. The molecule has 0 aromatic carbocycles. The first-order chi connectivity index (χ1) is 8.08. The van der Waals surface area contributed by atoms with E-state index in [1.807, 2.05) is 13.8 Å². The van der Waals surface area contributed by atoms with E-state index >= 15 is 0 Å². The summed E-state index contributed by atoms with van der Waals surface area (Å²) < 4.78 is 0. The van der Waals surface area contributed by atoms with Gasteiger partial charge in [0, 0.05) is 25.4 Å². The van der Waals surface area contributed by atoms with Gasteiger partial charge in [0.15, 0.2) is 0 Å². The molecule has 1 fully saturated rings. The van der Waals surface area contributed by atoms with Gasteiger partial charge in [0.2, 0.25) is 5.91 Å². The molecule has 1 atom stereocenters. The lowest BCUT2D eigenvalue weighted by Gasteiger charge is -2.29. The molecule has 1 saturated carbocycles. The molecule has 1 rings (SSSR count). The summed E-state index contributed by atoms with van der Waals surface area (Å²) in [5, 5.41) is 11.6. The van der Waals surface area contributed by atoms with Crippen LogP contribution in [0.15, 0.2) is 5.16 Å². The molecule has 0 aromatic rings. The molecule has 5 heteroatoms. The van der Waals surface area contributed by atoms with Crippen molar-refractivity contribution in [3.05, 3.63) is 0 Å². The van der Waals surface area contributed by atoms with Crippen LogP contribution in [0.5, 0.6) is 0 Å². The highest BCUT2D eigenvalue weighted by molar-refractivity contribution is 5.83. The lowest BCUT2D eigenvalue weighted by molar-refractivity contribution is -0.132. The number of hydrogen-bond acceptors (Lipinski definition) is 3. The Morgan fingerprint density at radius 3 is 2.65 bits per heavy atom. The van der Waals surface area contributed by atoms with E-state index in [9.17, 15) is 4.79 Å². The Balaban J connectivity index is 2.43. The Bertz CT molecular complexity index is 287. The van der Waals surface area contributed by atoms with Crippen molar-refractivity contribution in [3.8, 4) is 0 Å². The van der Waals surface area contributed by atoms with Crippen LogP contribution in [0.3, 0.4) is 0 Å². The predicted molar refractivity (Wildman–Crippen MR) is 66.8 cm³/mol. The Kier molecular flexibility index (Phi) is 5.25. The Hall–Kier alpha value is -1.26. The fourth-order valence-corrected chi connectivity index (χ4v) is 2.00. The van der Waals surface area contributed by atoms with Crippen molar-refractivity contribution < 1.29 is 10.0 Å². The quantitative estimate of drug-likeness (QED) is 0.319. The molecule has 1 unspecified atom stereocenters. The molecule has 0 spiro atoms. The van der Waals surface area contributed by atoms with E-state index in [1.165, 1.54) is 19.3 Å². The van der Waals surface area contributed by atoms with Gasteiger partial charge < -0.3 is 15.8 Å². The third kappa shape index (κ3) is 3.91. The van der Waals surface area contributed by atoms with Gasteiger partial charge in [-0.2, -0.15) is 0 Å². The second kappa shape index (κ2) is 6.47. The lowest BCUT2D eigenvalue weighted by atomic mass is 9.82. The van der Waals surface area contributed by atoms with Crippen LogP contribution in [0.1, 0.15) is 39.5 Å². The smallest absolute Gasteiger partial charge is 0.222 e. The summed E-state index contributed by atoms with van der Waals surface area (Å²) in [4.78, 5) is 13.8. The highest BCUT2D eigenvalue weighted by Crippen LogP contribution is 2.29. The number of amides is 1. The number of carbonyl (C=O) groups excluding carboxylic acids is 1. The first-order valence-corrected chi connectivity index (χ1v) is 6.33. The summed E-state index contributed by atoms with van der Waals surface area (Å²) in [6.07, 6.45) is 4.26. The maximum atomic E-state index is 12.0. The third-order valence-corrected chi connectivity index (χ3v) is 3.54. The number of hydrogen-bond donors (Lipinski definition) is 2. The van der Waals surface area contributed by atoms with Gasteiger partial charge in [0.1, 0.15) is 5.84 Å². The summed E-state index contributed by atoms with van der Waals surface area (Å²) >= 11 is 0. The lowest BCUT2D eigenvalue weighted by Crippen LogP contribution is -2.39. The van der Waals surface area contributed by atoms with Crippen molar-refractivity contribution in [1.82, 2.24) is 4.90 Å². The van der Waals surface area contributed by atoms with E-state index in [0.29, 0.717) is 25.4 Å². The zero-order valence-electron chi connectivity index (χ0n) is 10.7. The van der Waals surface area contributed by atoms with E-state index in [1.54, 1.807) is 4.90 Å². The predicted octanol–water partition coefficient (Wildman–Crippen LogP) is 1.41. The Morgan fingerprint density at radius 2 is 2.24 bits per heavy atom. The molecule has 0 aliphatic heterocycles. The van der Waals surface area contributed by atoms with Gasteiger partial charge in [-0.25, -0.2) is 0 Å². The van der Waals surface area contributed by atoms with Crippen LogP contribution in [-0.2, 0) is 4.79 Å². The van der Waals surface area contributed by atoms with Gasteiger partial charge in [0.05, 0.1) is 0 Å². The Morgan fingerprint density at radius 1 is 1.59 bits per heavy atom. The van der Waals surface area contributed by atoms with Crippen molar-refractivity contribution in [2.75, 3.05) is 13.1 Å². The van der Waals surface area contributed by atoms with Crippen LogP contribution < -0.4 is 5.73 Å². The van der Waals surface area contributed by atoms with Gasteiger partial charge in [-0.3, -0.25) is 4.79 Å². The first-order valence-electron chi connectivity index (χ1n) is 6.33. The van der Waals surface area contributed by atoms with Crippen molar-refractivity contribution in [2.24, 2.45) is 22.7 Å². The largest absolute Gasteiger partial charge is 0.409 e. The summed E-state index contributed by atoms with van der Waals surface area (Å²) in [7, 11) is 0. The average Bonchev–Trinajstić information content (AvgIpc) is 2.28. The van der Waals surface area contributed by atoms with Crippen LogP contribution in [0.25, 0.3) is 0 Å². The number of carbonyl (C=O) groups is 1. The molecule has 0 saturated heterocycles. The molecule has 0 heterocycles. The SMILES string of the molecule is CCN(CC(C)C(N)=NO)C(=O)CC1CCC1. The molecular formula is C12H23N3O2. The molecule has 98 valence electrons. The van der Waals surface area contributed by atoms with E-state index < -0.39 is 0 Å². The zero-order valence-corrected chi connectivity index (χ0v) is 10.7. The number of amidine groups is 1. The highest BCUT2D eigenvalue weighted by atomic mass is 16.4. The molecule has 0 aromatic heterocycles. The van der Waals surface area contributed by atoms with Crippen LogP contribution >= 0.6 is 0 Å². The fraction of sp³-hybridized carbons (Fsp3) is 0.833. The summed E-state index contributed by atoms with van der Waals surface area (Å²) in [5.41, 5.74) is 5.52. The molecule has 5 nitrogen and oxygen atoms in total. The number of rotatable bonds is 6. The second-order valence-corrected chi connectivity index (χ2v) is 4.86. The summed E-state index contributed by atoms with van der Waals surface area (Å²) in [5.74, 6) is 0.843. The van der Waals surface area contributed by atoms with Gasteiger partial charge in [-0.15, -0.1) is 0 Å². The first kappa shape index (κ1) is 13.8. The van der Waals surface area contributed by atoms with E-state index in [0.717, 1.165) is 0 Å². The minimum Gasteiger partial charge on any atom is -0.409 e. The Labute approximate surface area is 103 Å². The van der Waals surface area contributed by atoms with Gasteiger partial charge >= 0.3 is 0 Å². The number of oxime groups is 1. The minimum atomic E-state index is -0.106. The number of nitrogens with two attached hydrogens (primary N) is 1. The molecule has 1 amide bonds. The van der Waals surface area contributed by atoms with Crippen LogP contribution in [-0.4, -0.2) is 34.9 Å². The van der Waals surface area contributed by atoms with E-state index in [-0.39, 0.29) is 17.7 Å². The van der Waals surface area contributed by atoms with Crippen molar-refractivity contribution in [3.63, 3.8) is 0 Å². The fourth-order valence-electron chi connectivity index (χ4n) is 2.00. The maximum absolute atomic E-state index is 12.0. The summed E-state index contributed by atoms with van der Waals surface area (Å²) in [6, 6.07) is 0. The normalized spacial score (nSPS) is 18.6. The molecule has 0 bridgehead atoms. The monoisotopic (exact) mass is 241 g/mol. The van der Waals surface area contributed by atoms with Crippen molar-refractivity contribution >= 4 is 11.7 Å². The molecule has 0 radical (unpaired) electrons. The van der Waals surface area contributed by atoms with Crippen molar-refractivity contribution in [1.29, 1.82) is 0 Å². The standard InChI is InChI=1S/C12H23N3O2/c1-3-15(8-9(2)12(13)14-17)11(16)7-10-5-4-6-10/h9-10,17H,3-8H2,1-2H3,(H2,13,14). The summed E-state index contributed by atoms with van der Waals surface area (Å²) in [6.45, 7) is 5.01. The van der Waals surface area contributed by atoms with Gasteiger partial charge in [-0.1, -0.05) is 18.5 Å². The van der Waals surface area contributed by atoms with Crippen LogP contribution in [0.4, 0.5) is 0 Å². The highest BCUT2D eigenvalue weighted by Gasteiger charge is 2.24. The number of nitrogens with zero attached hydrogens (tertiary/aromatic N) is 2. The molecule has 1 aliphatic carbocycles.